The first-order chi connectivity index (χ1) is 12.3. The highest BCUT2D eigenvalue weighted by molar-refractivity contribution is 5.85. The van der Waals surface area contributed by atoms with Crippen molar-refractivity contribution in [3.05, 3.63) is 48.4 Å². The van der Waals surface area contributed by atoms with E-state index in [1.54, 1.807) is 0 Å². The number of hydrogen-bond acceptors (Lipinski definition) is 5. The van der Waals surface area contributed by atoms with Gasteiger partial charge in [-0.25, -0.2) is 9.97 Å². The Morgan fingerprint density at radius 3 is 2.65 bits per heavy atom. The fourth-order valence-corrected chi connectivity index (χ4v) is 3.28. The molecule has 0 saturated heterocycles. The third-order valence-corrected chi connectivity index (χ3v) is 4.40. The standard InChI is InChI=1S/C21H27N5/c1-15-8-9-22-12-18(15)16-6-7-19-17(10-16)11-23-20(25-19)24-13-21(2,3)14-26(4)5/h6-12H,13-14H2,1-5H3,(H,23,24,25). The summed E-state index contributed by atoms with van der Waals surface area (Å²) >= 11 is 0. The van der Waals surface area contributed by atoms with Crippen molar-refractivity contribution in [2.45, 2.75) is 20.8 Å². The summed E-state index contributed by atoms with van der Waals surface area (Å²) in [6.07, 6.45) is 5.61. The van der Waals surface area contributed by atoms with Crippen LogP contribution in [0.4, 0.5) is 5.95 Å². The molecule has 5 heteroatoms. The van der Waals surface area contributed by atoms with Crippen LogP contribution < -0.4 is 5.32 Å². The number of hydrogen-bond donors (Lipinski definition) is 1. The maximum atomic E-state index is 4.66. The molecule has 0 bridgehead atoms. The average Bonchev–Trinajstić information content (AvgIpc) is 2.59. The predicted octanol–water partition coefficient (Wildman–Crippen LogP) is 4.00. The van der Waals surface area contributed by atoms with E-state index in [4.69, 9.17) is 0 Å². The quantitative estimate of drug-likeness (QED) is 0.729. The summed E-state index contributed by atoms with van der Waals surface area (Å²) in [6, 6.07) is 8.30. The maximum absolute atomic E-state index is 4.66. The van der Waals surface area contributed by atoms with E-state index in [0.29, 0.717) is 5.95 Å². The van der Waals surface area contributed by atoms with Gasteiger partial charge in [0, 0.05) is 42.6 Å². The van der Waals surface area contributed by atoms with Gasteiger partial charge in [0.1, 0.15) is 0 Å². The zero-order valence-corrected chi connectivity index (χ0v) is 16.2. The fraction of sp³-hybridized carbons (Fsp3) is 0.381. The van der Waals surface area contributed by atoms with Gasteiger partial charge in [-0.15, -0.1) is 0 Å². The molecule has 0 radical (unpaired) electrons. The number of benzene rings is 1. The van der Waals surface area contributed by atoms with Gasteiger partial charge in [-0.1, -0.05) is 19.9 Å². The van der Waals surface area contributed by atoms with Crippen LogP contribution in [0.15, 0.2) is 42.9 Å². The summed E-state index contributed by atoms with van der Waals surface area (Å²) in [5.41, 5.74) is 4.57. The topological polar surface area (TPSA) is 53.9 Å². The van der Waals surface area contributed by atoms with Gasteiger partial charge in [0.25, 0.3) is 0 Å². The Hall–Kier alpha value is -2.53. The first-order valence-electron chi connectivity index (χ1n) is 8.90. The van der Waals surface area contributed by atoms with E-state index in [-0.39, 0.29) is 5.41 Å². The maximum Gasteiger partial charge on any atom is 0.223 e. The second-order valence-electron chi connectivity index (χ2n) is 7.91. The third kappa shape index (κ3) is 4.35. The molecule has 0 aliphatic rings. The third-order valence-electron chi connectivity index (χ3n) is 4.40. The summed E-state index contributed by atoms with van der Waals surface area (Å²) in [4.78, 5) is 15.6. The van der Waals surface area contributed by atoms with Crippen molar-refractivity contribution in [2.24, 2.45) is 5.41 Å². The highest BCUT2D eigenvalue weighted by atomic mass is 15.1. The number of rotatable bonds is 6. The van der Waals surface area contributed by atoms with Crippen molar-refractivity contribution in [3.8, 4) is 11.1 Å². The minimum Gasteiger partial charge on any atom is -0.354 e. The Labute approximate surface area is 155 Å². The Bertz CT molecular complexity index is 902. The largest absolute Gasteiger partial charge is 0.354 e. The molecule has 2 aromatic heterocycles. The van der Waals surface area contributed by atoms with Gasteiger partial charge in [0.2, 0.25) is 5.95 Å². The van der Waals surface area contributed by atoms with Gasteiger partial charge in [-0.05, 0) is 55.8 Å². The zero-order chi connectivity index (χ0) is 18.7. The Kier molecular flexibility index (Phi) is 5.18. The molecule has 0 aliphatic carbocycles. The molecule has 0 atom stereocenters. The van der Waals surface area contributed by atoms with Crippen molar-refractivity contribution >= 4 is 16.9 Å². The van der Waals surface area contributed by atoms with E-state index >= 15 is 0 Å². The van der Waals surface area contributed by atoms with Gasteiger partial charge in [0.05, 0.1) is 5.52 Å². The molecule has 1 aromatic carbocycles. The second-order valence-corrected chi connectivity index (χ2v) is 7.91. The summed E-state index contributed by atoms with van der Waals surface area (Å²) in [6.45, 7) is 8.40. The number of aryl methyl sites for hydroxylation is 1. The Morgan fingerprint density at radius 2 is 1.92 bits per heavy atom. The lowest BCUT2D eigenvalue weighted by molar-refractivity contribution is 0.254. The number of fused-ring (bicyclic) bond motifs is 1. The molecule has 0 saturated carbocycles. The number of pyridine rings is 1. The molecule has 1 N–H and O–H groups in total. The SMILES string of the molecule is Cc1ccncc1-c1ccc2nc(NCC(C)(C)CN(C)C)ncc2c1. The highest BCUT2D eigenvalue weighted by Gasteiger charge is 2.19. The van der Waals surface area contributed by atoms with Crippen molar-refractivity contribution in [1.29, 1.82) is 0 Å². The lowest BCUT2D eigenvalue weighted by Gasteiger charge is -2.28. The monoisotopic (exact) mass is 349 g/mol. The highest BCUT2D eigenvalue weighted by Crippen LogP contribution is 2.26. The van der Waals surface area contributed by atoms with Crippen LogP contribution in [-0.4, -0.2) is 47.0 Å². The minimum absolute atomic E-state index is 0.142. The number of nitrogens with one attached hydrogen (secondary N) is 1. The van der Waals surface area contributed by atoms with E-state index in [0.717, 1.165) is 35.1 Å². The Morgan fingerprint density at radius 1 is 1.12 bits per heavy atom. The first-order valence-corrected chi connectivity index (χ1v) is 8.90. The molecule has 3 rings (SSSR count). The van der Waals surface area contributed by atoms with E-state index < -0.39 is 0 Å². The van der Waals surface area contributed by atoms with E-state index in [1.165, 1.54) is 5.56 Å². The average molecular weight is 349 g/mol. The van der Waals surface area contributed by atoms with Crippen molar-refractivity contribution in [1.82, 2.24) is 19.9 Å². The van der Waals surface area contributed by atoms with Crippen LogP contribution >= 0.6 is 0 Å². The Balaban J connectivity index is 1.80. The van der Waals surface area contributed by atoms with Crippen LogP contribution in [0.3, 0.4) is 0 Å². The first kappa shape index (κ1) is 18.3. The molecule has 3 aromatic rings. The molecule has 2 heterocycles. The van der Waals surface area contributed by atoms with Gasteiger partial charge >= 0.3 is 0 Å². The van der Waals surface area contributed by atoms with Crippen LogP contribution in [0.2, 0.25) is 0 Å². The molecule has 0 spiro atoms. The van der Waals surface area contributed by atoms with E-state index in [2.05, 4.69) is 78.2 Å². The summed E-state index contributed by atoms with van der Waals surface area (Å²) in [5.74, 6) is 0.676. The molecule has 0 aliphatic heterocycles. The molecule has 0 unspecified atom stereocenters. The van der Waals surface area contributed by atoms with Crippen molar-refractivity contribution in [2.75, 3.05) is 32.5 Å². The van der Waals surface area contributed by atoms with Crippen LogP contribution in [0, 0.1) is 12.3 Å². The lowest BCUT2D eigenvalue weighted by Crippen LogP contribution is -2.34. The van der Waals surface area contributed by atoms with E-state index in [9.17, 15) is 0 Å². The zero-order valence-electron chi connectivity index (χ0n) is 16.2. The van der Waals surface area contributed by atoms with Gasteiger partial charge in [0.15, 0.2) is 0 Å². The second kappa shape index (κ2) is 7.38. The smallest absolute Gasteiger partial charge is 0.223 e. The lowest BCUT2D eigenvalue weighted by atomic mass is 9.93. The number of anilines is 1. The molecular formula is C21H27N5. The van der Waals surface area contributed by atoms with Gasteiger partial charge < -0.3 is 10.2 Å². The van der Waals surface area contributed by atoms with Crippen LogP contribution in [0.25, 0.3) is 22.0 Å². The fourth-order valence-electron chi connectivity index (χ4n) is 3.28. The van der Waals surface area contributed by atoms with Gasteiger partial charge in [-0.2, -0.15) is 0 Å². The molecule has 0 amide bonds. The molecule has 0 fully saturated rings. The van der Waals surface area contributed by atoms with Gasteiger partial charge in [-0.3, -0.25) is 4.98 Å². The van der Waals surface area contributed by atoms with Crippen LogP contribution in [0.5, 0.6) is 0 Å². The summed E-state index contributed by atoms with van der Waals surface area (Å²) in [5, 5.41) is 4.41. The summed E-state index contributed by atoms with van der Waals surface area (Å²) < 4.78 is 0. The van der Waals surface area contributed by atoms with Crippen molar-refractivity contribution < 1.29 is 0 Å². The predicted molar refractivity (Wildman–Crippen MR) is 108 cm³/mol. The van der Waals surface area contributed by atoms with Crippen LogP contribution in [-0.2, 0) is 0 Å². The molecule has 5 nitrogen and oxygen atoms in total. The number of aromatic nitrogens is 3. The minimum atomic E-state index is 0.142. The molecular weight excluding hydrogens is 322 g/mol. The summed E-state index contributed by atoms with van der Waals surface area (Å²) in [7, 11) is 4.19. The molecule has 136 valence electrons. The van der Waals surface area contributed by atoms with Crippen molar-refractivity contribution in [3.63, 3.8) is 0 Å². The molecule has 26 heavy (non-hydrogen) atoms. The number of nitrogens with zero attached hydrogens (tertiary/aromatic N) is 4. The van der Waals surface area contributed by atoms with E-state index in [1.807, 2.05) is 24.7 Å². The van der Waals surface area contributed by atoms with Crippen LogP contribution in [0.1, 0.15) is 19.4 Å². The normalized spacial score (nSPS) is 11.9.